The van der Waals surface area contributed by atoms with Crippen molar-refractivity contribution in [3.8, 4) is 22.3 Å². The van der Waals surface area contributed by atoms with Gasteiger partial charge in [-0.1, -0.05) is 74.9 Å². The molecule has 0 spiro atoms. The van der Waals surface area contributed by atoms with Crippen LogP contribution in [0, 0.1) is 27.7 Å². The molecule has 0 radical (unpaired) electrons. The molecule has 0 saturated heterocycles. The molecule has 0 heterocycles. The molecule has 0 aliphatic heterocycles. The maximum absolute atomic E-state index is 14.5. The second kappa shape index (κ2) is 13.9. The lowest BCUT2D eigenvalue weighted by Crippen LogP contribution is -2.29. The number of rotatable bonds is 8. The van der Waals surface area contributed by atoms with Crippen LogP contribution in [0.3, 0.4) is 0 Å². The highest BCUT2D eigenvalue weighted by Gasteiger charge is 2.36. The Balaban J connectivity index is 1.33. The van der Waals surface area contributed by atoms with Crippen molar-refractivity contribution in [1.29, 1.82) is 0 Å². The normalized spacial score (nSPS) is 17.1. The van der Waals surface area contributed by atoms with Gasteiger partial charge in [-0.25, -0.2) is 16.8 Å². The van der Waals surface area contributed by atoms with Crippen LogP contribution in [0.25, 0.3) is 22.3 Å². The average Bonchev–Trinajstić information content (AvgIpc) is 3.10. The molecule has 8 nitrogen and oxygen atoms in total. The second-order valence-electron chi connectivity index (χ2n) is 14.9. The number of sulfonamides is 2. The first-order valence-corrected chi connectivity index (χ1v) is 21.5. The van der Waals surface area contributed by atoms with Crippen LogP contribution in [0.2, 0.25) is 0 Å². The molecular weight excluding hydrogens is 693 g/mol. The van der Waals surface area contributed by atoms with Crippen LogP contribution < -0.4 is 9.44 Å². The fourth-order valence-electron chi connectivity index (χ4n) is 8.78. The molecule has 10 heteroatoms. The molecule has 7 rings (SSSR count). The van der Waals surface area contributed by atoms with Gasteiger partial charge in [0.1, 0.15) is 0 Å². The fraction of sp³-hybridized carbons (Fsp3) is 0.381. The monoisotopic (exact) mass is 738 g/mol. The second-order valence-corrected chi connectivity index (χ2v) is 18.8. The van der Waals surface area contributed by atoms with E-state index in [4.69, 9.17) is 0 Å². The Morgan fingerprint density at radius 1 is 0.462 bits per heavy atom. The number of ketones is 2. The van der Waals surface area contributed by atoms with Crippen LogP contribution in [0.4, 0.5) is 11.4 Å². The molecule has 2 saturated carbocycles. The van der Waals surface area contributed by atoms with E-state index >= 15 is 0 Å². The van der Waals surface area contributed by atoms with Crippen molar-refractivity contribution < 1.29 is 26.4 Å². The van der Waals surface area contributed by atoms with Crippen LogP contribution in [0.1, 0.15) is 118 Å². The third-order valence-electron chi connectivity index (χ3n) is 11.2. The molecule has 0 atom stereocenters. The third kappa shape index (κ3) is 6.60. The lowest BCUT2D eigenvalue weighted by atomic mass is 9.75. The number of carbonyl (C=O) groups excluding carboxylic acids is 2. The van der Waals surface area contributed by atoms with E-state index in [-0.39, 0.29) is 11.6 Å². The van der Waals surface area contributed by atoms with Gasteiger partial charge in [-0.2, -0.15) is 0 Å². The fourth-order valence-corrected chi connectivity index (χ4v) is 11.9. The molecule has 3 aliphatic rings. The number of anilines is 2. The topological polar surface area (TPSA) is 126 Å². The Kier molecular flexibility index (Phi) is 9.67. The van der Waals surface area contributed by atoms with Crippen molar-refractivity contribution >= 4 is 43.0 Å². The molecule has 4 aromatic rings. The van der Waals surface area contributed by atoms with Gasteiger partial charge in [-0.15, -0.1) is 0 Å². The average molecular weight is 739 g/mol. The van der Waals surface area contributed by atoms with Crippen molar-refractivity contribution in [3.63, 3.8) is 0 Å². The molecule has 4 aromatic carbocycles. The number of benzene rings is 4. The van der Waals surface area contributed by atoms with Crippen molar-refractivity contribution in [1.82, 2.24) is 0 Å². The van der Waals surface area contributed by atoms with Crippen LogP contribution in [-0.2, 0) is 20.0 Å². The molecule has 3 aliphatic carbocycles. The zero-order valence-corrected chi connectivity index (χ0v) is 31.9. The first-order valence-electron chi connectivity index (χ1n) is 18.4. The summed E-state index contributed by atoms with van der Waals surface area (Å²) in [5, 5.41) is -0.828. The van der Waals surface area contributed by atoms with E-state index in [0.717, 1.165) is 71.9 Å². The molecular formula is C42H46N2O6S2. The third-order valence-corrected chi connectivity index (χ3v) is 14.9. The predicted octanol–water partition coefficient (Wildman–Crippen LogP) is 9.18. The highest BCUT2D eigenvalue weighted by molar-refractivity contribution is 7.93. The minimum atomic E-state index is -3.56. The summed E-state index contributed by atoms with van der Waals surface area (Å²) < 4.78 is 58.8. The maximum atomic E-state index is 14.5. The van der Waals surface area contributed by atoms with Gasteiger partial charge in [-0.3, -0.25) is 19.0 Å². The van der Waals surface area contributed by atoms with Crippen molar-refractivity contribution in [3.05, 3.63) is 105 Å². The lowest BCUT2D eigenvalue weighted by molar-refractivity contribution is 0.0980. The van der Waals surface area contributed by atoms with E-state index < -0.39 is 30.5 Å². The Bertz CT molecular complexity index is 2120. The van der Waals surface area contributed by atoms with Crippen LogP contribution in [0.5, 0.6) is 0 Å². The summed E-state index contributed by atoms with van der Waals surface area (Å²) in [7, 11) is -7.12. The Hall–Kier alpha value is -4.28. The minimum Gasteiger partial charge on any atom is -0.289 e. The van der Waals surface area contributed by atoms with Gasteiger partial charge in [0.15, 0.2) is 11.6 Å². The summed E-state index contributed by atoms with van der Waals surface area (Å²) in [6, 6.07) is 17.8. The molecule has 0 aromatic heterocycles. The molecule has 52 heavy (non-hydrogen) atoms. The minimum absolute atomic E-state index is 0.255. The smallest absolute Gasteiger partial charge is 0.235 e. The summed E-state index contributed by atoms with van der Waals surface area (Å²) in [4.78, 5) is 29.0. The van der Waals surface area contributed by atoms with E-state index in [1.807, 2.05) is 39.8 Å². The Morgan fingerprint density at radius 2 is 0.788 bits per heavy atom. The number of aryl methyl sites for hydroxylation is 4. The summed E-state index contributed by atoms with van der Waals surface area (Å²) in [5.74, 6) is -0.509. The number of fused-ring (bicyclic) bond motifs is 2. The lowest BCUT2D eigenvalue weighted by Gasteiger charge is -2.26. The van der Waals surface area contributed by atoms with Crippen molar-refractivity contribution in [2.45, 2.75) is 102 Å². The van der Waals surface area contributed by atoms with Gasteiger partial charge in [0.25, 0.3) is 0 Å². The quantitative estimate of drug-likeness (QED) is 0.164. The number of nitrogens with one attached hydrogen (secondary N) is 2. The van der Waals surface area contributed by atoms with E-state index in [2.05, 4.69) is 9.44 Å². The largest absolute Gasteiger partial charge is 0.289 e. The van der Waals surface area contributed by atoms with Crippen molar-refractivity contribution in [2.24, 2.45) is 0 Å². The van der Waals surface area contributed by atoms with Crippen molar-refractivity contribution in [2.75, 3.05) is 9.44 Å². The zero-order valence-electron chi connectivity index (χ0n) is 30.3. The number of carbonyl (C=O) groups is 2. The standard InChI is InChI=1S/C42H46N2O6S2/c1-25-21-29(43-51(47,48)31-13-7-5-8-14-31)22-26(2)37(25)35-19-20-36(40-39(35)41(45)33-17-11-12-18-34(33)42(40)46)38-27(3)23-30(24-28(38)4)44-52(49,50)32-15-9-6-10-16-32/h11-12,17-24,31-32,43-44H,5-10,13-16H2,1-4H3. The molecule has 0 amide bonds. The summed E-state index contributed by atoms with van der Waals surface area (Å²) in [6.07, 6.45) is 8.34. The summed E-state index contributed by atoms with van der Waals surface area (Å²) in [6.45, 7) is 7.58. The van der Waals surface area contributed by atoms with Crippen LogP contribution >= 0.6 is 0 Å². The van der Waals surface area contributed by atoms with Gasteiger partial charge in [-0.05, 0) is 122 Å². The van der Waals surface area contributed by atoms with Crippen LogP contribution in [0.15, 0.2) is 60.7 Å². The van der Waals surface area contributed by atoms with E-state index in [0.29, 0.717) is 70.4 Å². The molecule has 0 bridgehead atoms. The number of hydrogen-bond donors (Lipinski definition) is 2. The van der Waals surface area contributed by atoms with Crippen LogP contribution in [-0.4, -0.2) is 38.9 Å². The number of hydrogen-bond acceptors (Lipinski definition) is 6. The summed E-state index contributed by atoms with van der Waals surface area (Å²) in [5.41, 5.74) is 8.11. The SMILES string of the molecule is Cc1cc(NS(=O)(=O)C2CCCCC2)cc(C)c1-c1ccc(-c2c(C)cc(NS(=O)(=O)C3CCCCC3)cc2C)c2c1C(=O)c1ccccc1C2=O. The van der Waals surface area contributed by atoms with E-state index in [1.165, 1.54) is 0 Å². The first kappa shape index (κ1) is 36.1. The first-order chi connectivity index (χ1) is 24.8. The van der Waals surface area contributed by atoms with Gasteiger partial charge in [0.05, 0.1) is 10.5 Å². The summed E-state index contributed by atoms with van der Waals surface area (Å²) >= 11 is 0. The Morgan fingerprint density at radius 3 is 1.12 bits per heavy atom. The van der Waals surface area contributed by atoms with E-state index in [9.17, 15) is 26.4 Å². The molecule has 2 N–H and O–H groups in total. The highest BCUT2D eigenvalue weighted by Crippen LogP contribution is 2.44. The molecule has 0 unspecified atom stereocenters. The van der Waals surface area contributed by atoms with Gasteiger partial charge in [0.2, 0.25) is 20.0 Å². The Labute approximate surface area is 307 Å². The van der Waals surface area contributed by atoms with Gasteiger partial charge >= 0.3 is 0 Å². The van der Waals surface area contributed by atoms with E-state index in [1.54, 1.807) is 48.5 Å². The van der Waals surface area contributed by atoms with Gasteiger partial charge in [0, 0.05) is 33.6 Å². The highest BCUT2D eigenvalue weighted by atomic mass is 32.2. The predicted molar refractivity (Wildman–Crippen MR) is 208 cm³/mol. The van der Waals surface area contributed by atoms with Gasteiger partial charge < -0.3 is 0 Å². The maximum Gasteiger partial charge on any atom is 0.235 e. The molecule has 2 fully saturated rings. The zero-order chi connectivity index (χ0) is 36.9. The molecule has 272 valence electrons.